The van der Waals surface area contributed by atoms with Crippen molar-refractivity contribution in [1.82, 2.24) is 0 Å². The predicted octanol–water partition coefficient (Wildman–Crippen LogP) is 3.69. The van der Waals surface area contributed by atoms with E-state index >= 15 is 0 Å². The second-order valence-corrected chi connectivity index (χ2v) is 7.41. The fourth-order valence-electron chi connectivity index (χ4n) is 4.13. The molecule has 1 aliphatic heterocycles. The van der Waals surface area contributed by atoms with Crippen LogP contribution in [-0.2, 0) is 5.41 Å². The topological polar surface area (TPSA) is 57.6 Å². The number of rotatable bonds is 3. The van der Waals surface area contributed by atoms with Crippen LogP contribution in [0.3, 0.4) is 0 Å². The largest absolute Gasteiger partial charge is 0.504 e. The van der Waals surface area contributed by atoms with Crippen molar-refractivity contribution in [2.75, 3.05) is 11.4 Å². The Labute approximate surface area is 151 Å². The summed E-state index contributed by atoms with van der Waals surface area (Å²) in [4.78, 5) is 25.5. The zero-order valence-electron chi connectivity index (χ0n) is 15.2. The highest BCUT2D eigenvalue weighted by atomic mass is 16.3. The summed E-state index contributed by atoms with van der Waals surface area (Å²) in [5.41, 5.74) is 1.65. The van der Waals surface area contributed by atoms with Gasteiger partial charge in [0.2, 0.25) is 5.43 Å². The van der Waals surface area contributed by atoms with E-state index in [0.717, 1.165) is 24.4 Å². The zero-order chi connectivity index (χ0) is 18.6. The van der Waals surface area contributed by atoms with Crippen LogP contribution < -0.4 is 15.8 Å². The number of fused-ring (bicyclic) bond motifs is 3. The van der Waals surface area contributed by atoms with Gasteiger partial charge in [-0.05, 0) is 34.9 Å². The molecule has 3 aromatic carbocycles. The van der Waals surface area contributed by atoms with E-state index in [2.05, 4.69) is 49.9 Å². The molecule has 0 saturated carbocycles. The molecule has 3 aromatic rings. The molecule has 0 aliphatic carbocycles. The van der Waals surface area contributed by atoms with Crippen LogP contribution in [0.25, 0.3) is 16.8 Å². The van der Waals surface area contributed by atoms with E-state index in [1.165, 1.54) is 16.3 Å². The molecule has 0 radical (unpaired) electrons. The van der Waals surface area contributed by atoms with E-state index in [1.807, 2.05) is 12.1 Å². The molecule has 4 rings (SSSR count). The van der Waals surface area contributed by atoms with Gasteiger partial charge in [-0.3, -0.25) is 9.59 Å². The molecule has 0 amide bonds. The van der Waals surface area contributed by atoms with Crippen LogP contribution in [0.15, 0.2) is 51.7 Å². The summed E-state index contributed by atoms with van der Waals surface area (Å²) in [7, 11) is 0. The van der Waals surface area contributed by atoms with Crippen LogP contribution in [0.4, 0.5) is 5.69 Å². The van der Waals surface area contributed by atoms with E-state index < -0.39 is 16.6 Å². The van der Waals surface area contributed by atoms with Crippen LogP contribution in [-0.4, -0.2) is 11.7 Å². The Balaban J connectivity index is 2.00. The fourth-order valence-corrected chi connectivity index (χ4v) is 4.13. The van der Waals surface area contributed by atoms with E-state index in [9.17, 15) is 14.7 Å². The summed E-state index contributed by atoms with van der Waals surface area (Å²) in [6, 6.07) is 12.5. The first-order chi connectivity index (χ1) is 12.4. The summed E-state index contributed by atoms with van der Waals surface area (Å²) >= 11 is 0. The minimum Gasteiger partial charge on any atom is -0.504 e. The smallest absolute Gasteiger partial charge is 0.268 e. The van der Waals surface area contributed by atoms with Crippen molar-refractivity contribution in [2.24, 2.45) is 0 Å². The second kappa shape index (κ2) is 5.56. The standard InChI is InChI=1S/C22H21NO3/c1-4-11-23-16-10-9-13-7-5-6-8-14(13)18(16)22(2,3)17(23)12-15-19(24)21(26)20(15)25/h5-10,12,24H,4,11H2,1-3H3/b17-12+. The van der Waals surface area contributed by atoms with Crippen molar-refractivity contribution in [2.45, 2.75) is 32.6 Å². The first-order valence-electron chi connectivity index (χ1n) is 8.92. The van der Waals surface area contributed by atoms with Gasteiger partial charge in [0.25, 0.3) is 5.43 Å². The molecule has 0 saturated heterocycles. The van der Waals surface area contributed by atoms with Crippen molar-refractivity contribution in [3.05, 3.63) is 73.7 Å². The maximum absolute atomic E-state index is 11.9. The first kappa shape index (κ1) is 16.6. The van der Waals surface area contributed by atoms with Gasteiger partial charge >= 0.3 is 0 Å². The molecule has 1 aliphatic rings. The van der Waals surface area contributed by atoms with Gasteiger partial charge in [0.05, 0.1) is 5.56 Å². The SMILES string of the molecule is CCCN1/C(=C/c2c(O)c(=O)c2=O)C(C)(C)c2c1ccc1ccccc21. The lowest BCUT2D eigenvalue weighted by atomic mass is 9.80. The molecule has 4 heteroatoms. The quantitative estimate of drug-likeness (QED) is 0.734. The molecule has 1 N–H and O–H groups in total. The lowest BCUT2D eigenvalue weighted by Gasteiger charge is -2.27. The van der Waals surface area contributed by atoms with Gasteiger partial charge in [0.15, 0.2) is 5.75 Å². The Morgan fingerprint density at radius 2 is 1.81 bits per heavy atom. The summed E-state index contributed by atoms with van der Waals surface area (Å²) in [5.74, 6) is -0.421. The van der Waals surface area contributed by atoms with Crippen LogP contribution in [0, 0.1) is 0 Å². The van der Waals surface area contributed by atoms with Crippen molar-refractivity contribution in [3.8, 4) is 5.75 Å². The molecular formula is C22H21NO3. The van der Waals surface area contributed by atoms with Gasteiger partial charge in [-0.2, -0.15) is 0 Å². The van der Waals surface area contributed by atoms with Crippen molar-refractivity contribution in [3.63, 3.8) is 0 Å². The van der Waals surface area contributed by atoms with E-state index in [-0.39, 0.29) is 11.0 Å². The van der Waals surface area contributed by atoms with Gasteiger partial charge in [0.1, 0.15) is 0 Å². The normalized spacial score (nSPS) is 17.3. The second-order valence-electron chi connectivity index (χ2n) is 7.41. The number of allylic oxidation sites excluding steroid dienone is 1. The molecule has 1 heterocycles. The number of hydrogen-bond acceptors (Lipinski definition) is 4. The number of aromatic hydroxyl groups is 1. The van der Waals surface area contributed by atoms with Crippen LogP contribution in [0.2, 0.25) is 0 Å². The minimum absolute atomic E-state index is 0.122. The van der Waals surface area contributed by atoms with Crippen molar-refractivity contribution in [1.29, 1.82) is 0 Å². The Hall–Kier alpha value is -2.88. The third-order valence-electron chi connectivity index (χ3n) is 5.40. The third-order valence-corrected chi connectivity index (χ3v) is 5.40. The maximum Gasteiger partial charge on any atom is 0.268 e. The summed E-state index contributed by atoms with van der Waals surface area (Å²) in [5, 5.41) is 12.2. The molecule has 0 unspecified atom stereocenters. The fraction of sp³-hybridized carbons (Fsp3) is 0.273. The predicted molar refractivity (Wildman–Crippen MR) is 106 cm³/mol. The number of hydrogen-bond donors (Lipinski definition) is 1. The molecule has 26 heavy (non-hydrogen) atoms. The molecule has 0 bridgehead atoms. The van der Waals surface area contributed by atoms with Crippen molar-refractivity contribution < 1.29 is 5.11 Å². The Kier molecular flexibility index (Phi) is 3.55. The van der Waals surface area contributed by atoms with Crippen LogP contribution >= 0.6 is 0 Å². The summed E-state index contributed by atoms with van der Waals surface area (Å²) in [6.07, 6.45) is 2.64. The number of benzene rings is 2. The highest BCUT2D eigenvalue weighted by molar-refractivity contribution is 5.95. The van der Waals surface area contributed by atoms with E-state index in [1.54, 1.807) is 6.08 Å². The number of nitrogens with zero attached hydrogens (tertiary/aromatic N) is 1. The summed E-state index contributed by atoms with van der Waals surface area (Å²) in [6.45, 7) is 7.17. The van der Waals surface area contributed by atoms with Crippen molar-refractivity contribution >= 4 is 22.5 Å². The van der Waals surface area contributed by atoms with Gasteiger partial charge in [-0.15, -0.1) is 0 Å². The molecule has 4 nitrogen and oxygen atoms in total. The van der Waals surface area contributed by atoms with Gasteiger partial charge in [-0.25, -0.2) is 0 Å². The highest BCUT2D eigenvalue weighted by Gasteiger charge is 2.41. The molecule has 0 atom stereocenters. The molecule has 0 aromatic heterocycles. The van der Waals surface area contributed by atoms with Crippen LogP contribution in [0.5, 0.6) is 5.75 Å². The van der Waals surface area contributed by atoms with E-state index in [0.29, 0.717) is 0 Å². The Bertz CT molecular complexity index is 1130. The average Bonchev–Trinajstić information content (AvgIpc) is 2.86. The van der Waals surface area contributed by atoms with E-state index in [4.69, 9.17) is 0 Å². The Morgan fingerprint density at radius 1 is 1.08 bits per heavy atom. The first-order valence-corrected chi connectivity index (χ1v) is 8.92. The molecule has 0 fully saturated rings. The average molecular weight is 347 g/mol. The summed E-state index contributed by atoms with van der Waals surface area (Å²) < 4.78 is 0. The number of anilines is 1. The third kappa shape index (κ3) is 2.08. The lowest BCUT2D eigenvalue weighted by Crippen LogP contribution is -2.34. The van der Waals surface area contributed by atoms with Crippen LogP contribution in [0.1, 0.15) is 38.3 Å². The van der Waals surface area contributed by atoms with Gasteiger partial charge in [0, 0.05) is 23.3 Å². The monoisotopic (exact) mass is 347 g/mol. The van der Waals surface area contributed by atoms with Gasteiger partial charge < -0.3 is 10.0 Å². The molecular weight excluding hydrogens is 326 g/mol. The highest BCUT2D eigenvalue weighted by Crippen LogP contribution is 2.51. The zero-order valence-corrected chi connectivity index (χ0v) is 15.2. The Morgan fingerprint density at radius 3 is 2.50 bits per heavy atom. The molecule has 132 valence electrons. The lowest BCUT2D eigenvalue weighted by molar-refractivity contribution is 0.461. The minimum atomic E-state index is -0.794. The molecule has 0 spiro atoms. The maximum atomic E-state index is 11.9. The van der Waals surface area contributed by atoms with Gasteiger partial charge in [-0.1, -0.05) is 51.1 Å².